The van der Waals surface area contributed by atoms with Crippen molar-refractivity contribution in [2.45, 2.75) is 199 Å². The van der Waals surface area contributed by atoms with E-state index < -0.39 is 39.2 Å². The van der Waals surface area contributed by atoms with E-state index in [1.165, 1.54) is 89.9 Å². The van der Waals surface area contributed by atoms with Crippen LogP contribution in [0, 0.1) is 0 Å². The normalized spacial score (nSPS) is 14.5. The van der Waals surface area contributed by atoms with Gasteiger partial charge in [0.2, 0.25) is 0 Å². The van der Waals surface area contributed by atoms with Gasteiger partial charge in [0.1, 0.15) is 12.2 Å². The van der Waals surface area contributed by atoms with E-state index in [1.807, 2.05) is 0 Å². The monoisotopic (exact) mass is 799 g/mol. The molecular weight excluding hydrogens is 715 g/mol. The summed E-state index contributed by atoms with van der Waals surface area (Å²) in [4.78, 5) is 22.6. The number of carbonyl (C=O) groups excluding carboxylic acids is 1. The van der Waals surface area contributed by atoms with Crippen LogP contribution in [0.1, 0.15) is 187 Å². The minimum Gasteiger partial charge on any atom is -0.457 e. The maximum absolute atomic E-state index is 12.6. The van der Waals surface area contributed by atoms with E-state index in [-0.39, 0.29) is 19.6 Å². The number of ether oxygens (including phenoxy) is 2. The van der Waals surface area contributed by atoms with E-state index in [9.17, 15) is 19.4 Å². The predicted molar refractivity (Wildman–Crippen MR) is 228 cm³/mol. The van der Waals surface area contributed by atoms with Crippen molar-refractivity contribution in [1.82, 2.24) is 0 Å². The van der Waals surface area contributed by atoms with Crippen LogP contribution >= 0.6 is 7.82 Å². The zero-order valence-corrected chi connectivity index (χ0v) is 36.0. The molecule has 9 nitrogen and oxygen atoms in total. The van der Waals surface area contributed by atoms with Crippen molar-refractivity contribution < 1.29 is 43.0 Å². The molecule has 10 heteroatoms. The van der Waals surface area contributed by atoms with Crippen molar-refractivity contribution in [2.24, 2.45) is 0 Å². The van der Waals surface area contributed by atoms with Gasteiger partial charge < -0.3 is 24.6 Å². The van der Waals surface area contributed by atoms with Gasteiger partial charge in [0.15, 0.2) is 0 Å². The van der Waals surface area contributed by atoms with Crippen LogP contribution in [0.5, 0.6) is 0 Å². The fourth-order valence-corrected chi connectivity index (χ4v) is 6.72. The van der Waals surface area contributed by atoms with E-state index in [1.54, 1.807) is 0 Å². The third kappa shape index (κ3) is 41.9. The van der Waals surface area contributed by atoms with E-state index in [0.717, 1.165) is 70.6 Å². The van der Waals surface area contributed by atoms with Crippen LogP contribution in [0.15, 0.2) is 48.6 Å². The van der Waals surface area contributed by atoms with E-state index in [4.69, 9.17) is 23.6 Å². The van der Waals surface area contributed by atoms with Crippen LogP contribution in [-0.2, 0) is 27.9 Å². The lowest BCUT2D eigenvalue weighted by Crippen LogP contribution is -2.29. The fourth-order valence-electron chi connectivity index (χ4n) is 5.93. The second-order valence-corrected chi connectivity index (χ2v) is 16.1. The molecule has 0 aromatic carbocycles. The highest BCUT2D eigenvalue weighted by Crippen LogP contribution is 2.43. The molecule has 0 spiro atoms. The molecule has 0 saturated carbocycles. The standard InChI is InChI=1S/C45H83O9P/c1-3-5-7-9-11-13-15-17-19-21-23-25-27-29-31-33-35-37-45(48)54-44(42-53-55(49,50)52-40-43(47)39-46)41-51-38-36-34-32-30-28-26-24-22-20-18-16-14-12-10-8-6-4-2/h5,7,11,13,17,19,23,25,43-44,46-47H,3-4,6,8-10,12,14-16,18,20-22,24,26-42H2,1-2H3,(H,49,50)/b7-5-,13-11-,19-17-,25-23-. The highest BCUT2D eigenvalue weighted by Gasteiger charge is 2.26. The molecule has 0 heterocycles. The number of carbonyl (C=O) groups is 1. The third-order valence-electron chi connectivity index (χ3n) is 9.28. The lowest BCUT2D eigenvalue weighted by molar-refractivity contribution is -0.154. The second-order valence-electron chi connectivity index (χ2n) is 14.7. The molecular formula is C45H83O9P. The first kappa shape index (κ1) is 53.4. The Hall–Kier alpha value is -1.58. The molecule has 0 bridgehead atoms. The highest BCUT2D eigenvalue weighted by molar-refractivity contribution is 7.47. The average molecular weight is 799 g/mol. The number of rotatable bonds is 42. The van der Waals surface area contributed by atoms with Gasteiger partial charge in [0, 0.05) is 13.0 Å². The molecule has 3 atom stereocenters. The summed E-state index contributed by atoms with van der Waals surface area (Å²) in [6.45, 7) is 3.39. The lowest BCUT2D eigenvalue weighted by Gasteiger charge is -2.20. The first-order valence-corrected chi connectivity index (χ1v) is 23.6. The topological polar surface area (TPSA) is 132 Å². The van der Waals surface area contributed by atoms with Crippen molar-refractivity contribution in [1.29, 1.82) is 0 Å². The van der Waals surface area contributed by atoms with E-state index in [0.29, 0.717) is 13.0 Å². The molecule has 3 N–H and O–H groups in total. The van der Waals surface area contributed by atoms with Crippen molar-refractivity contribution >= 4 is 13.8 Å². The number of hydrogen-bond donors (Lipinski definition) is 3. The fraction of sp³-hybridized carbons (Fsp3) is 0.800. The van der Waals surface area contributed by atoms with E-state index in [2.05, 4.69) is 62.5 Å². The molecule has 3 unspecified atom stereocenters. The second kappa shape index (κ2) is 42.0. The number of aliphatic hydroxyl groups excluding tert-OH is 2. The summed E-state index contributed by atoms with van der Waals surface area (Å²) in [5.41, 5.74) is 0. The maximum Gasteiger partial charge on any atom is 0.472 e. The average Bonchev–Trinajstić information content (AvgIpc) is 3.18. The molecule has 0 saturated heterocycles. The molecule has 0 aliphatic rings. The van der Waals surface area contributed by atoms with Gasteiger partial charge in [-0.3, -0.25) is 13.8 Å². The van der Waals surface area contributed by atoms with Crippen molar-refractivity contribution in [3.05, 3.63) is 48.6 Å². The van der Waals surface area contributed by atoms with Crippen molar-refractivity contribution in [3.8, 4) is 0 Å². The number of phosphoric ester groups is 1. The molecule has 0 amide bonds. The molecule has 0 fully saturated rings. The molecule has 55 heavy (non-hydrogen) atoms. The summed E-state index contributed by atoms with van der Waals surface area (Å²) in [7, 11) is -4.52. The lowest BCUT2D eigenvalue weighted by atomic mass is 10.0. The van der Waals surface area contributed by atoms with Crippen LogP contribution in [0.3, 0.4) is 0 Å². The Morgan fingerprint density at radius 1 is 0.582 bits per heavy atom. The number of unbranched alkanes of at least 4 members (excludes halogenated alkanes) is 20. The van der Waals surface area contributed by atoms with Crippen molar-refractivity contribution in [2.75, 3.05) is 33.0 Å². The minimum absolute atomic E-state index is 0.0404. The van der Waals surface area contributed by atoms with Crippen LogP contribution in [0.4, 0.5) is 0 Å². The number of aliphatic hydroxyl groups is 2. The number of esters is 1. The zero-order valence-electron chi connectivity index (χ0n) is 35.1. The number of allylic oxidation sites excluding steroid dienone is 8. The zero-order chi connectivity index (χ0) is 40.3. The van der Waals surface area contributed by atoms with E-state index >= 15 is 0 Å². The quantitative estimate of drug-likeness (QED) is 0.0239. The van der Waals surface area contributed by atoms with Crippen LogP contribution in [-0.4, -0.2) is 66.3 Å². The molecule has 0 aliphatic heterocycles. The Balaban J connectivity index is 4.19. The molecule has 0 aromatic heterocycles. The van der Waals surface area contributed by atoms with Gasteiger partial charge in [-0.1, -0.05) is 178 Å². The summed E-state index contributed by atoms with van der Waals surface area (Å²) in [6, 6.07) is 0. The first-order chi connectivity index (χ1) is 26.8. The van der Waals surface area contributed by atoms with Crippen LogP contribution < -0.4 is 0 Å². The Kier molecular flexibility index (Phi) is 40.8. The molecule has 322 valence electrons. The first-order valence-electron chi connectivity index (χ1n) is 22.1. The Bertz CT molecular complexity index is 997. The van der Waals surface area contributed by atoms with Crippen LogP contribution in [0.2, 0.25) is 0 Å². The summed E-state index contributed by atoms with van der Waals surface area (Å²) in [6.07, 6.45) is 46.4. The largest absolute Gasteiger partial charge is 0.472 e. The van der Waals surface area contributed by atoms with Gasteiger partial charge >= 0.3 is 13.8 Å². The van der Waals surface area contributed by atoms with Gasteiger partial charge in [0.25, 0.3) is 0 Å². The van der Waals surface area contributed by atoms with Gasteiger partial charge in [-0.25, -0.2) is 4.57 Å². The van der Waals surface area contributed by atoms with Gasteiger partial charge in [-0.2, -0.15) is 0 Å². The Morgan fingerprint density at radius 3 is 1.56 bits per heavy atom. The number of hydrogen-bond acceptors (Lipinski definition) is 8. The van der Waals surface area contributed by atoms with Gasteiger partial charge in [-0.15, -0.1) is 0 Å². The third-order valence-corrected chi connectivity index (χ3v) is 10.2. The summed E-state index contributed by atoms with van der Waals surface area (Å²) in [5.74, 6) is -0.404. The highest BCUT2D eigenvalue weighted by atomic mass is 31.2. The Morgan fingerprint density at radius 2 is 1.04 bits per heavy atom. The van der Waals surface area contributed by atoms with Gasteiger partial charge in [-0.05, 0) is 51.4 Å². The minimum atomic E-state index is -4.52. The predicted octanol–water partition coefficient (Wildman–Crippen LogP) is 12.2. The van der Waals surface area contributed by atoms with Crippen LogP contribution in [0.25, 0.3) is 0 Å². The van der Waals surface area contributed by atoms with Crippen molar-refractivity contribution in [3.63, 3.8) is 0 Å². The van der Waals surface area contributed by atoms with Gasteiger partial charge in [0.05, 0.1) is 26.4 Å². The number of phosphoric acid groups is 1. The summed E-state index contributed by atoms with van der Waals surface area (Å²) in [5, 5.41) is 18.3. The smallest absolute Gasteiger partial charge is 0.457 e. The molecule has 0 rings (SSSR count). The summed E-state index contributed by atoms with van der Waals surface area (Å²) >= 11 is 0. The Labute approximate surface area is 337 Å². The molecule has 0 aliphatic carbocycles. The molecule has 0 aromatic rings. The maximum atomic E-state index is 12.6. The SMILES string of the molecule is CC/C=C\C/C=C\C/C=C\C/C=C\CCCCCCC(=O)OC(COCCCCCCCCCCCCCCCCCCC)COP(=O)(O)OCC(O)CO. The summed E-state index contributed by atoms with van der Waals surface area (Å²) < 4.78 is 33.4. The molecule has 0 radical (unpaired) electrons.